The molecule has 0 aliphatic rings. The summed E-state index contributed by atoms with van der Waals surface area (Å²) in [5, 5.41) is 20.1. The van der Waals surface area contributed by atoms with Crippen LogP contribution in [0.15, 0.2) is 36.5 Å². The van der Waals surface area contributed by atoms with Crippen molar-refractivity contribution in [2.75, 3.05) is 26.4 Å². The average Bonchev–Trinajstić information content (AvgIpc) is 3.20. The Labute approximate surface area is 361 Å². The highest BCUT2D eigenvalue weighted by Gasteiger charge is 2.28. The Kier molecular flexibility index (Phi) is 39.0. The van der Waals surface area contributed by atoms with Crippen LogP contribution >= 0.6 is 15.6 Å². The maximum Gasteiger partial charge on any atom is 0.472 e. The molecule has 0 aromatic carbocycles. The number of hydrogen-bond acceptors (Lipinski definition) is 11. The number of carbonyl (C=O) groups is 2. The Morgan fingerprint density at radius 1 is 0.550 bits per heavy atom. The fourth-order valence-electron chi connectivity index (χ4n) is 6.12. The molecule has 0 bridgehead atoms. The number of carbonyl (C=O) groups excluding carboxylic acids is 2. The van der Waals surface area contributed by atoms with Crippen LogP contribution in [0.25, 0.3) is 0 Å². The van der Waals surface area contributed by atoms with Gasteiger partial charge in [-0.25, -0.2) is 9.13 Å². The summed E-state index contributed by atoms with van der Waals surface area (Å²) in [7, 11) is -9.74. The molecule has 0 saturated carbocycles. The van der Waals surface area contributed by atoms with E-state index in [9.17, 15) is 33.8 Å². The van der Waals surface area contributed by atoms with E-state index in [2.05, 4.69) is 35.0 Å². The summed E-state index contributed by atoms with van der Waals surface area (Å²) in [4.78, 5) is 52.7. The van der Waals surface area contributed by atoms with Gasteiger partial charge in [-0.2, -0.15) is 0 Å². The van der Waals surface area contributed by atoms with E-state index in [1.807, 2.05) is 12.2 Å². The number of rotatable bonds is 43. The lowest BCUT2D eigenvalue weighted by molar-refractivity contribution is -0.161. The number of phosphoric acid groups is 2. The van der Waals surface area contributed by atoms with Crippen LogP contribution in [0, 0.1) is 0 Å². The Morgan fingerprint density at radius 3 is 1.62 bits per heavy atom. The molecule has 14 nitrogen and oxygen atoms in total. The van der Waals surface area contributed by atoms with E-state index in [4.69, 9.17) is 23.8 Å². The highest BCUT2D eigenvalue weighted by Crippen LogP contribution is 2.43. The van der Waals surface area contributed by atoms with Crippen LogP contribution in [-0.2, 0) is 41.8 Å². The largest absolute Gasteiger partial charge is 0.472 e. The van der Waals surface area contributed by atoms with Crippen molar-refractivity contribution < 1.29 is 66.7 Å². The quantitative estimate of drug-likeness (QED) is 0.0127. The van der Waals surface area contributed by atoms with Gasteiger partial charge in [-0.3, -0.25) is 23.2 Å². The lowest BCUT2D eigenvalue weighted by Crippen LogP contribution is -2.30. The van der Waals surface area contributed by atoms with Crippen molar-refractivity contribution in [2.45, 2.75) is 206 Å². The van der Waals surface area contributed by atoms with Crippen LogP contribution in [0.4, 0.5) is 0 Å². The van der Waals surface area contributed by atoms with Gasteiger partial charge in [0.15, 0.2) is 6.10 Å². The Hall–Kier alpha value is -1.70. The third kappa shape index (κ3) is 43.0. The molecule has 0 aliphatic heterocycles. The van der Waals surface area contributed by atoms with Crippen molar-refractivity contribution in [1.82, 2.24) is 0 Å². The molecule has 0 fully saturated rings. The second-order valence-corrected chi connectivity index (χ2v) is 18.2. The van der Waals surface area contributed by atoms with Crippen molar-refractivity contribution in [3.8, 4) is 0 Å². The van der Waals surface area contributed by atoms with E-state index in [1.165, 1.54) is 109 Å². The summed E-state index contributed by atoms with van der Waals surface area (Å²) >= 11 is 0. The first kappa shape index (κ1) is 58.3. The summed E-state index contributed by atoms with van der Waals surface area (Å²) in [5.74, 6) is -1.22. The molecule has 352 valence electrons. The third-order valence-corrected chi connectivity index (χ3v) is 11.1. The van der Waals surface area contributed by atoms with Gasteiger partial charge in [-0.1, -0.05) is 172 Å². The predicted octanol–water partition coefficient (Wildman–Crippen LogP) is 10.6. The van der Waals surface area contributed by atoms with Crippen molar-refractivity contribution >= 4 is 27.6 Å². The van der Waals surface area contributed by atoms with Crippen molar-refractivity contribution in [2.24, 2.45) is 0 Å². The summed E-state index contributed by atoms with van der Waals surface area (Å²) in [5.41, 5.74) is 0. The van der Waals surface area contributed by atoms with Gasteiger partial charge < -0.3 is 34.4 Å². The van der Waals surface area contributed by atoms with Gasteiger partial charge in [0.25, 0.3) is 0 Å². The Balaban J connectivity index is 4.66. The van der Waals surface area contributed by atoms with Crippen LogP contribution in [0.2, 0.25) is 0 Å². The predicted molar refractivity (Wildman–Crippen MR) is 236 cm³/mol. The average molecular weight is 897 g/mol. The van der Waals surface area contributed by atoms with E-state index in [0.29, 0.717) is 6.42 Å². The minimum absolute atomic E-state index is 0.0905. The van der Waals surface area contributed by atoms with Gasteiger partial charge in [0.05, 0.1) is 25.9 Å². The van der Waals surface area contributed by atoms with Crippen LogP contribution < -0.4 is 0 Å². The molecule has 0 amide bonds. The third-order valence-electron chi connectivity index (χ3n) is 9.63. The lowest BCUT2D eigenvalue weighted by atomic mass is 10.0. The molecule has 4 atom stereocenters. The first-order chi connectivity index (χ1) is 28.8. The molecule has 0 heterocycles. The Morgan fingerprint density at radius 2 is 1.05 bits per heavy atom. The second kappa shape index (κ2) is 40.1. The monoisotopic (exact) mass is 897 g/mol. The molecular formula is C44H82O14P2. The topological polar surface area (TPSA) is 216 Å². The fourth-order valence-corrected chi connectivity index (χ4v) is 7.28. The SMILES string of the molecule is CCCCCCCC/C=C/C/C=C/C=C/C(O)CCCC(=O)O[C@H](COC(=O)CCCCCCCCCCCCCCCCC)COP(=O)(O)OC[C@@H](O)COP(=O)(O)O. The first-order valence-corrected chi connectivity index (χ1v) is 25.8. The number of ether oxygens (including phenoxy) is 2. The van der Waals surface area contributed by atoms with Crippen LogP contribution in [0.1, 0.15) is 187 Å². The molecule has 0 aromatic rings. The van der Waals surface area contributed by atoms with Crippen molar-refractivity contribution in [3.05, 3.63) is 36.5 Å². The van der Waals surface area contributed by atoms with Crippen LogP contribution in [0.5, 0.6) is 0 Å². The summed E-state index contributed by atoms with van der Waals surface area (Å²) < 4.78 is 47.7. The fraction of sp³-hybridized carbons (Fsp3) is 0.818. The molecule has 0 radical (unpaired) electrons. The standard InChI is InChI=1S/C44H82O14P2/c1-3-5-7-9-11-13-15-17-18-20-22-24-26-28-30-34-43(47)54-38-42(39-57-60(52,53)56-37-41(46)36-55-59(49,50)51)58-44(48)35-31-33-40(45)32-29-27-25-23-21-19-16-14-12-10-8-6-4-2/h19,21,25,27,29,32,40-42,45-46H,3-18,20,22-24,26,28,30-31,33-39H2,1-2H3,(H,52,53)(H2,49,50,51)/b21-19+,27-25+,32-29+/t40?,41-,42+/m0/s1. The number of allylic oxidation sites excluding steroid dienone is 5. The van der Waals surface area contributed by atoms with Gasteiger partial charge in [-0.05, 0) is 38.5 Å². The van der Waals surface area contributed by atoms with E-state index >= 15 is 0 Å². The molecule has 0 aromatic heterocycles. The molecule has 0 spiro atoms. The zero-order valence-electron chi connectivity index (χ0n) is 36.9. The van der Waals surface area contributed by atoms with Crippen molar-refractivity contribution in [1.29, 1.82) is 0 Å². The van der Waals surface area contributed by atoms with Gasteiger partial charge in [-0.15, -0.1) is 0 Å². The number of aliphatic hydroxyl groups is 2. The number of unbranched alkanes of at least 4 members (excludes halogenated alkanes) is 20. The molecule has 60 heavy (non-hydrogen) atoms. The lowest BCUT2D eigenvalue weighted by Gasteiger charge is -2.20. The summed E-state index contributed by atoms with van der Waals surface area (Å²) in [6, 6.07) is 0. The van der Waals surface area contributed by atoms with Gasteiger partial charge in [0, 0.05) is 12.8 Å². The van der Waals surface area contributed by atoms with Gasteiger partial charge >= 0.3 is 27.6 Å². The zero-order chi connectivity index (χ0) is 44.6. The summed E-state index contributed by atoms with van der Waals surface area (Å²) in [6.07, 6.45) is 35.9. The van der Waals surface area contributed by atoms with Crippen molar-refractivity contribution in [3.63, 3.8) is 0 Å². The van der Waals surface area contributed by atoms with Crippen LogP contribution in [-0.4, -0.2) is 81.6 Å². The molecule has 2 unspecified atom stereocenters. The minimum atomic E-state index is -4.88. The minimum Gasteiger partial charge on any atom is -0.462 e. The maximum absolute atomic E-state index is 12.7. The van der Waals surface area contributed by atoms with Gasteiger partial charge in [0.2, 0.25) is 0 Å². The Bertz CT molecular complexity index is 1220. The first-order valence-electron chi connectivity index (χ1n) is 22.8. The number of phosphoric ester groups is 2. The molecular weight excluding hydrogens is 814 g/mol. The highest BCUT2D eigenvalue weighted by atomic mass is 31.2. The molecule has 0 aliphatic carbocycles. The van der Waals surface area contributed by atoms with E-state index < -0.39 is 72.3 Å². The number of esters is 2. The molecule has 0 saturated heterocycles. The zero-order valence-corrected chi connectivity index (χ0v) is 38.7. The van der Waals surface area contributed by atoms with E-state index in [1.54, 1.807) is 12.2 Å². The summed E-state index contributed by atoms with van der Waals surface area (Å²) in [6.45, 7) is 1.56. The second-order valence-electron chi connectivity index (χ2n) is 15.5. The highest BCUT2D eigenvalue weighted by molar-refractivity contribution is 7.47. The maximum atomic E-state index is 12.7. The van der Waals surface area contributed by atoms with Gasteiger partial charge in [0.1, 0.15) is 12.7 Å². The molecule has 16 heteroatoms. The van der Waals surface area contributed by atoms with E-state index in [0.717, 1.165) is 32.1 Å². The van der Waals surface area contributed by atoms with E-state index in [-0.39, 0.29) is 25.7 Å². The number of aliphatic hydroxyl groups excluding tert-OH is 2. The molecule has 0 rings (SSSR count). The normalized spacial score (nSPS) is 14.8. The number of hydrogen-bond donors (Lipinski definition) is 5. The molecule has 5 N–H and O–H groups in total. The van der Waals surface area contributed by atoms with Crippen LogP contribution in [0.3, 0.4) is 0 Å². The smallest absolute Gasteiger partial charge is 0.462 e.